The minimum Gasteiger partial charge on any atom is -0.323 e. The molecule has 20 heavy (non-hydrogen) atoms. The van der Waals surface area contributed by atoms with Crippen LogP contribution < -0.4 is 11.1 Å². The number of anilines is 1. The quantitative estimate of drug-likeness (QED) is 0.876. The summed E-state index contributed by atoms with van der Waals surface area (Å²) in [6, 6.07) is 8.86. The molecule has 1 heterocycles. The van der Waals surface area contributed by atoms with Gasteiger partial charge in [-0.2, -0.15) is 5.10 Å². The van der Waals surface area contributed by atoms with Crippen LogP contribution in [0.3, 0.4) is 0 Å². The van der Waals surface area contributed by atoms with E-state index in [4.69, 9.17) is 5.73 Å². The highest BCUT2D eigenvalue weighted by Crippen LogP contribution is 2.19. The zero-order valence-electron chi connectivity index (χ0n) is 11.8. The van der Waals surface area contributed by atoms with Gasteiger partial charge < -0.3 is 11.1 Å². The van der Waals surface area contributed by atoms with Crippen molar-refractivity contribution in [3.05, 3.63) is 42.7 Å². The highest BCUT2D eigenvalue weighted by atomic mass is 16.2. The van der Waals surface area contributed by atoms with Crippen molar-refractivity contribution in [1.29, 1.82) is 0 Å². The van der Waals surface area contributed by atoms with Gasteiger partial charge in [0.15, 0.2) is 0 Å². The molecule has 0 aliphatic carbocycles. The van der Waals surface area contributed by atoms with Crippen LogP contribution in [-0.4, -0.2) is 21.7 Å². The van der Waals surface area contributed by atoms with Gasteiger partial charge in [0.05, 0.1) is 17.4 Å². The normalized spacial score (nSPS) is 12.4. The Bertz CT molecular complexity index is 563. The standard InChI is InChI=1S/C15H20N4O/c1-11(2)10-12(16)15(20)18-13-6-3-4-7-14(13)19-9-5-8-17-19/h3-9,11-12H,10,16H2,1-2H3,(H,18,20)/t12-/m1/s1. The number of amides is 1. The number of hydrogen-bond donors (Lipinski definition) is 2. The molecule has 106 valence electrons. The zero-order chi connectivity index (χ0) is 14.5. The van der Waals surface area contributed by atoms with Crippen molar-refractivity contribution in [3.8, 4) is 5.69 Å². The van der Waals surface area contributed by atoms with Gasteiger partial charge in [-0.15, -0.1) is 0 Å². The van der Waals surface area contributed by atoms with Crippen molar-refractivity contribution >= 4 is 11.6 Å². The van der Waals surface area contributed by atoms with E-state index in [1.54, 1.807) is 10.9 Å². The maximum Gasteiger partial charge on any atom is 0.241 e. The molecule has 1 aromatic carbocycles. The lowest BCUT2D eigenvalue weighted by atomic mass is 10.0. The molecular formula is C15H20N4O. The van der Waals surface area contributed by atoms with Crippen LogP contribution >= 0.6 is 0 Å². The van der Waals surface area contributed by atoms with Gasteiger partial charge in [-0.3, -0.25) is 4.79 Å². The Morgan fingerprint density at radius 3 is 2.75 bits per heavy atom. The van der Waals surface area contributed by atoms with Crippen LogP contribution in [0.2, 0.25) is 0 Å². The summed E-state index contributed by atoms with van der Waals surface area (Å²) in [6.45, 7) is 4.09. The molecule has 0 radical (unpaired) electrons. The molecule has 3 N–H and O–H groups in total. The number of nitrogens with two attached hydrogens (primary N) is 1. The SMILES string of the molecule is CC(C)C[C@@H](N)C(=O)Nc1ccccc1-n1cccn1. The lowest BCUT2D eigenvalue weighted by molar-refractivity contribution is -0.117. The molecular weight excluding hydrogens is 252 g/mol. The summed E-state index contributed by atoms with van der Waals surface area (Å²) in [4.78, 5) is 12.1. The monoisotopic (exact) mass is 272 g/mol. The molecule has 2 aromatic rings. The maximum absolute atomic E-state index is 12.1. The van der Waals surface area contributed by atoms with E-state index in [0.29, 0.717) is 18.0 Å². The van der Waals surface area contributed by atoms with Crippen molar-refractivity contribution in [3.63, 3.8) is 0 Å². The van der Waals surface area contributed by atoms with E-state index < -0.39 is 6.04 Å². The summed E-state index contributed by atoms with van der Waals surface area (Å²) < 4.78 is 1.71. The molecule has 0 aliphatic heterocycles. The maximum atomic E-state index is 12.1. The lowest BCUT2D eigenvalue weighted by Crippen LogP contribution is -2.36. The number of hydrogen-bond acceptors (Lipinski definition) is 3. The van der Waals surface area contributed by atoms with E-state index in [1.165, 1.54) is 0 Å². The average molecular weight is 272 g/mol. The van der Waals surface area contributed by atoms with Crippen LogP contribution in [0.15, 0.2) is 42.7 Å². The fraction of sp³-hybridized carbons (Fsp3) is 0.333. The summed E-state index contributed by atoms with van der Waals surface area (Å²) in [6.07, 6.45) is 4.19. The van der Waals surface area contributed by atoms with Crippen molar-refractivity contribution in [2.75, 3.05) is 5.32 Å². The number of benzene rings is 1. The first-order valence-corrected chi connectivity index (χ1v) is 6.73. The number of nitrogens with one attached hydrogen (secondary N) is 1. The summed E-state index contributed by atoms with van der Waals surface area (Å²) in [5.41, 5.74) is 7.43. The van der Waals surface area contributed by atoms with Crippen LogP contribution in [0, 0.1) is 5.92 Å². The van der Waals surface area contributed by atoms with Gasteiger partial charge in [-0.05, 0) is 30.5 Å². The molecule has 0 bridgehead atoms. The molecule has 0 saturated heterocycles. The Morgan fingerprint density at radius 1 is 1.35 bits per heavy atom. The van der Waals surface area contributed by atoms with E-state index in [1.807, 2.05) is 50.4 Å². The van der Waals surface area contributed by atoms with Gasteiger partial charge in [-0.1, -0.05) is 26.0 Å². The minimum atomic E-state index is -0.499. The van der Waals surface area contributed by atoms with Gasteiger partial charge in [0.2, 0.25) is 5.91 Å². The van der Waals surface area contributed by atoms with E-state index in [0.717, 1.165) is 5.69 Å². The van der Waals surface area contributed by atoms with Gasteiger partial charge in [-0.25, -0.2) is 4.68 Å². The average Bonchev–Trinajstić information content (AvgIpc) is 2.92. The molecule has 0 fully saturated rings. The third kappa shape index (κ3) is 3.45. The third-order valence-electron chi connectivity index (χ3n) is 2.98. The number of carbonyl (C=O) groups is 1. The number of para-hydroxylation sites is 2. The Morgan fingerprint density at radius 2 is 2.10 bits per heavy atom. The highest BCUT2D eigenvalue weighted by Gasteiger charge is 2.16. The Balaban J connectivity index is 2.16. The summed E-state index contributed by atoms with van der Waals surface area (Å²) in [5.74, 6) is 0.218. The second kappa shape index (κ2) is 6.34. The van der Waals surface area contributed by atoms with Crippen LogP contribution in [0.5, 0.6) is 0 Å². The van der Waals surface area contributed by atoms with Crippen molar-refractivity contribution in [2.24, 2.45) is 11.7 Å². The molecule has 5 heteroatoms. The van der Waals surface area contributed by atoms with Crippen LogP contribution in [-0.2, 0) is 4.79 Å². The molecule has 0 aliphatic rings. The predicted molar refractivity (Wildman–Crippen MR) is 79.6 cm³/mol. The predicted octanol–water partition coefficient (Wildman–Crippen LogP) is 2.18. The van der Waals surface area contributed by atoms with Gasteiger partial charge in [0.25, 0.3) is 0 Å². The molecule has 2 rings (SSSR count). The number of aromatic nitrogens is 2. The third-order valence-corrected chi connectivity index (χ3v) is 2.98. The Hall–Kier alpha value is -2.14. The van der Waals surface area contributed by atoms with E-state index in [9.17, 15) is 4.79 Å². The lowest BCUT2D eigenvalue weighted by Gasteiger charge is -2.16. The second-order valence-electron chi connectivity index (χ2n) is 5.19. The molecule has 5 nitrogen and oxygen atoms in total. The van der Waals surface area contributed by atoms with Crippen molar-refractivity contribution in [2.45, 2.75) is 26.3 Å². The fourth-order valence-corrected chi connectivity index (χ4v) is 2.03. The first-order chi connectivity index (χ1) is 9.58. The van der Waals surface area contributed by atoms with Crippen LogP contribution in [0.1, 0.15) is 20.3 Å². The Labute approximate surface area is 118 Å². The first-order valence-electron chi connectivity index (χ1n) is 6.73. The molecule has 1 amide bonds. The molecule has 0 unspecified atom stereocenters. The molecule has 1 aromatic heterocycles. The van der Waals surface area contributed by atoms with Crippen molar-refractivity contribution < 1.29 is 4.79 Å². The van der Waals surface area contributed by atoms with Crippen LogP contribution in [0.4, 0.5) is 5.69 Å². The largest absolute Gasteiger partial charge is 0.323 e. The van der Waals surface area contributed by atoms with Gasteiger partial charge in [0, 0.05) is 12.4 Å². The minimum absolute atomic E-state index is 0.168. The van der Waals surface area contributed by atoms with E-state index >= 15 is 0 Å². The molecule has 0 saturated carbocycles. The van der Waals surface area contributed by atoms with Crippen LogP contribution in [0.25, 0.3) is 5.69 Å². The zero-order valence-corrected chi connectivity index (χ0v) is 11.8. The summed E-state index contributed by atoms with van der Waals surface area (Å²) in [7, 11) is 0. The summed E-state index contributed by atoms with van der Waals surface area (Å²) >= 11 is 0. The van der Waals surface area contributed by atoms with Gasteiger partial charge >= 0.3 is 0 Å². The topological polar surface area (TPSA) is 72.9 Å². The summed E-state index contributed by atoms with van der Waals surface area (Å²) in [5, 5.41) is 7.06. The second-order valence-corrected chi connectivity index (χ2v) is 5.19. The Kier molecular flexibility index (Phi) is 4.53. The molecule has 1 atom stereocenters. The number of nitrogens with zero attached hydrogens (tertiary/aromatic N) is 2. The number of carbonyl (C=O) groups excluding carboxylic acids is 1. The van der Waals surface area contributed by atoms with Gasteiger partial charge in [0.1, 0.15) is 0 Å². The first kappa shape index (κ1) is 14.3. The highest BCUT2D eigenvalue weighted by molar-refractivity contribution is 5.96. The van der Waals surface area contributed by atoms with E-state index in [2.05, 4.69) is 10.4 Å². The smallest absolute Gasteiger partial charge is 0.241 e. The fourth-order valence-electron chi connectivity index (χ4n) is 2.03. The number of rotatable bonds is 5. The van der Waals surface area contributed by atoms with Crippen molar-refractivity contribution in [1.82, 2.24) is 9.78 Å². The molecule has 0 spiro atoms. The van der Waals surface area contributed by atoms with E-state index in [-0.39, 0.29) is 5.91 Å².